The monoisotopic (exact) mass is 263 g/mol. The largest absolute Gasteiger partial charge is 0.491 e. The van der Waals surface area contributed by atoms with Crippen molar-refractivity contribution in [3.63, 3.8) is 0 Å². The van der Waals surface area contributed by atoms with Crippen LogP contribution in [0.4, 0.5) is 0 Å². The van der Waals surface area contributed by atoms with E-state index in [4.69, 9.17) is 15.7 Å². The van der Waals surface area contributed by atoms with Crippen molar-refractivity contribution in [2.45, 2.75) is 6.42 Å². The first-order valence-corrected chi connectivity index (χ1v) is 6.27. The van der Waals surface area contributed by atoms with Crippen molar-refractivity contribution in [1.29, 1.82) is 0 Å². The van der Waals surface area contributed by atoms with Crippen LogP contribution in [0.2, 0.25) is 0 Å². The van der Waals surface area contributed by atoms with Gasteiger partial charge < -0.3 is 15.7 Å². The first-order valence-electron chi connectivity index (χ1n) is 5.39. The van der Waals surface area contributed by atoms with Gasteiger partial charge in [0.25, 0.3) is 0 Å². The van der Waals surface area contributed by atoms with Crippen LogP contribution in [-0.2, 0) is 6.42 Å². The van der Waals surface area contributed by atoms with Crippen LogP contribution in [0.1, 0.15) is 10.6 Å². The molecule has 0 spiro atoms. The Morgan fingerprint density at radius 3 is 3.06 bits per heavy atom. The van der Waals surface area contributed by atoms with Gasteiger partial charge in [-0.25, -0.2) is 4.98 Å². The lowest BCUT2D eigenvalue weighted by molar-refractivity contribution is 0.313. The van der Waals surface area contributed by atoms with E-state index in [1.165, 1.54) is 4.88 Å². The summed E-state index contributed by atoms with van der Waals surface area (Å²) >= 11 is 1.69. The van der Waals surface area contributed by atoms with Crippen LogP contribution < -0.4 is 10.5 Å². The van der Waals surface area contributed by atoms with E-state index >= 15 is 0 Å². The van der Waals surface area contributed by atoms with Crippen molar-refractivity contribution in [1.82, 2.24) is 4.98 Å². The third kappa shape index (κ3) is 2.98. The molecule has 0 aliphatic rings. The predicted molar refractivity (Wildman–Crippen MR) is 70.3 cm³/mol. The zero-order chi connectivity index (χ0) is 12.8. The summed E-state index contributed by atoms with van der Waals surface area (Å²) in [6.45, 7) is 0.526. The molecule has 0 bridgehead atoms. The summed E-state index contributed by atoms with van der Waals surface area (Å²) in [7, 11) is 0. The Hall–Kier alpha value is -2.08. The molecule has 0 unspecified atom stereocenters. The molecule has 0 aliphatic carbocycles. The molecule has 5 nitrogen and oxygen atoms in total. The number of pyridine rings is 1. The average Bonchev–Trinajstić information content (AvgIpc) is 2.92. The molecule has 0 atom stereocenters. The number of hydrogen-bond donors (Lipinski definition) is 2. The maximum Gasteiger partial charge on any atom is 0.192 e. The van der Waals surface area contributed by atoms with Gasteiger partial charge in [-0.2, -0.15) is 0 Å². The molecule has 0 radical (unpaired) electrons. The molecule has 2 aromatic heterocycles. The highest BCUT2D eigenvalue weighted by Crippen LogP contribution is 2.16. The van der Waals surface area contributed by atoms with E-state index in [0.717, 1.165) is 6.42 Å². The minimum atomic E-state index is -0.0540. The topological polar surface area (TPSA) is 80.7 Å². The Morgan fingerprint density at radius 1 is 1.44 bits per heavy atom. The lowest BCUT2D eigenvalue weighted by atomic mass is 10.3. The minimum Gasteiger partial charge on any atom is -0.491 e. The molecule has 18 heavy (non-hydrogen) atoms. The number of rotatable bonds is 5. The average molecular weight is 263 g/mol. The van der Waals surface area contributed by atoms with Gasteiger partial charge in [-0.1, -0.05) is 11.2 Å². The second-order valence-electron chi connectivity index (χ2n) is 3.51. The normalized spacial score (nSPS) is 11.4. The fourth-order valence-electron chi connectivity index (χ4n) is 1.46. The van der Waals surface area contributed by atoms with Crippen LogP contribution in [-0.4, -0.2) is 22.6 Å². The van der Waals surface area contributed by atoms with E-state index in [1.807, 2.05) is 11.4 Å². The minimum absolute atomic E-state index is 0.0540. The zero-order valence-electron chi connectivity index (χ0n) is 9.61. The van der Waals surface area contributed by atoms with Crippen LogP contribution in [0.25, 0.3) is 0 Å². The second kappa shape index (κ2) is 6.02. The number of thiophene rings is 1. The van der Waals surface area contributed by atoms with Gasteiger partial charge >= 0.3 is 0 Å². The molecule has 6 heteroatoms. The van der Waals surface area contributed by atoms with E-state index in [1.54, 1.807) is 29.7 Å². The van der Waals surface area contributed by atoms with E-state index in [-0.39, 0.29) is 5.84 Å². The van der Waals surface area contributed by atoms with Crippen molar-refractivity contribution in [3.8, 4) is 5.75 Å². The Labute approximate surface area is 109 Å². The second-order valence-corrected chi connectivity index (χ2v) is 4.55. The van der Waals surface area contributed by atoms with Crippen LogP contribution in [0.5, 0.6) is 5.75 Å². The highest BCUT2D eigenvalue weighted by atomic mass is 32.1. The third-order valence-electron chi connectivity index (χ3n) is 2.31. The molecule has 3 N–H and O–H groups in total. The van der Waals surface area contributed by atoms with Crippen LogP contribution >= 0.6 is 11.3 Å². The third-order valence-corrected chi connectivity index (χ3v) is 3.24. The summed E-state index contributed by atoms with van der Waals surface area (Å²) in [6, 6.07) is 7.55. The molecule has 0 aromatic carbocycles. The van der Waals surface area contributed by atoms with Crippen molar-refractivity contribution in [3.05, 3.63) is 46.4 Å². The number of ether oxygens (including phenoxy) is 1. The molecule has 2 aromatic rings. The lowest BCUT2D eigenvalue weighted by Gasteiger charge is -2.08. The van der Waals surface area contributed by atoms with Crippen LogP contribution in [0.3, 0.4) is 0 Å². The molecule has 2 heterocycles. The molecule has 0 aliphatic heterocycles. The van der Waals surface area contributed by atoms with Crippen molar-refractivity contribution < 1.29 is 9.94 Å². The Kier molecular flexibility index (Phi) is 4.14. The number of hydrogen-bond acceptors (Lipinski definition) is 5. The van der Waals surface area contributed by atoms with E-state index in [0.29, 0.717) is 18.1 Å². The maximum absolute atomic E-state index is 8.66. The molecule has 2 rings (SSSR count). The smallest absolute Gasteiger partial charge is 0.192 e. The quantitative estimate of drug-likeness (QED) is 0.373. The first-order chi connectivity index (χ1) is 8.81. The van der Waals surface area contributed by atoms with Gasteiger partial charge in [-0.3, -0.25) is 0 Å². The summed E-state index contributed by atoms with van der Waals surface area (Å²) < 4.78 is 5.61. The number of nitrogens with zero attached hydrogens (tertiary/aromatic N) is 2. The van der Waals surface area contributed by atoms with Gasteiger partial charge in [0.2, 0.25) is 0 Å². The molecule has 94 valence electrons. The van der Waals surface area contributed by atoms with E-state index in [2.05, 4.69) is 16.2 Å². The van der Waals surface area contributed by atoms with Gasteiger partial charge in [-0.05, 0) is 23.6 Å². The number of amidine groups is 1. The van der Waals surface area contributed by atoms with E-state index < -0.39 is 0 Å². The van der Waals surface area contributed by atoms with Gasteiger partial charge in [0.15, 0.2) is 11.5 Å². The van der Waals surface area contributed by atoms with Crippen LogP contribution in [0, 0.1) is 0 Å². The standard InChI is InChI=1S/C12H13N3O2S/c13-12(15-16)11-10(4-1-6-14-11)17-7-5-9-3-2-8-18-9/h1-4,6,8,16H,5,7H2,(H2,13,15). The predicted octanol–water partition coefficient (Wildman–Crippen LogP) is 1.86. The molecular weight excluding hydrogens is 250 g/mol. The van der Waals surface area contributed by atoms with Gasteiger partial charge in [-0.15, -0.1) is 11.3 Å². The maximum atomic E-state index is 8.66. The lowest BCUT2D eigenvalue weighted by Crippen LogP contribution is -2.17. The summed E-state index contributed by atoms with van der Waals surface area (Å²) in [6.07, 6.45) is 2.39. The fraction of sp³-hybridized carbons (Fsp3) is 0.167. The van der Waals surface area contributed by atoms with Crippen molar-refractivity contribution in [2.24, 2.45) is 10.9 Å². The Morgan fingerprint density at radius 2 is 2.33 bits per heavy atom. The zero-order valence-corrected chi connectivity index (χ0v) is 10.4. The highest BCUT2D eigenvalue weighted by molar-refractivity contribution is 7.09. The molecule has 0 saturated heterocycles. The SMILES string of the molecule is N/C(=N/O)c1ncccc1OCCc1cccs1. The van der Waals surface area contributed by atoms with Gasteiger partial charge in [0, 0.05) is 17.5 Å². The first kappa shape index (κ1) is 12.4. The molecular formula is C12H13N3O2S. The molecule has 0 saturated carbocycles. The Balaban J connectivity index is 2.01. The fourth-order valence-corrected chi connectivity index (χ4v) is 2.15. The van der Waals surface area contributed by atoms with Crippen molar-refractivity contribution >= 4 is 17.2 Å². The molecule has 0 amide bonds. The number of nitrogens with two attached hydrogens (primary N) is 1. The van der Waals surface area contributed by atoms with E-state index in [9.17, 15) is 0 Å². The van der Waals surface area contributed by atoms with Gasteiger partial charge in [0.1, 0.15) is 5.75 Å². The summed E-state index contributed by atoms with van der Waals surface area (Å²) in [4.78, 5) is 5.28. The number of oxime groups is 1. The van der Waals surface area contributed by atoms with Crippen molar-refractivity contribution in [2.75, 3.05) is 6.61 Å². The summed E-state index contributed by atoms with van der Waals surface area (Å²) in [5.41, 5.74) is 5.87. The summed E-state index contributed by atoms with van der Waals surface area (Å²) in [5.74, 6) is 0.464. The highest BCUT2D eigenvalue weighted by Gasteiger charge is 2.09. The number of aromatic nitrogens is 1. The van der Waals surface area contributed by atoms with Gasteiger partial charge in [0.05, 0.1) is 6.61 Å². The Bertz CT molecular complexity index is 526. The molecule has 0 fully saturated rings. The summed E-state index contributed by atoms with van der Waals surface area (Å²) in [5, 5.41) is 13.6. The van der Waals surface area contributed by atoms with Crippen LogP contribution in [0.15, 0.2) is 41.0 Å².